The molecule has 0 amide bonds. The van der Waals surface area contributed by atoms with Gasteiger partial charge in [0.1, 0.15) is 6.10 Å². The average molecular weight is 228 g/mol. The van der Waals surface area contributed by atoms with Crippen molar-refractivity contribution >= 4 is 6.08 Å². The first kappa shape index (κ1) is 10.4. The lowest BCUT2D eigenvalue weighted by molar-refractivity contribution is 0.0796. The summed E-state index contributed by atoms with van der Waals surface area (Å²) in [5, 5.41) is 6.42. The molecule has 17 heavy (non-hydrogen) atoms. The molecule has 3 heteroatoms. The van der Waals surface area contributed by atoms with Gasteiger partial charge in [0.2, 0.25) is 0 Å². The van der Waals surface area contributed by atoms with Crippen molar-refractivity contribution in [1.82, 2.24) is 10.6 Å². The number of benzene rings is 1. The molecule has 0 aromatic heterocycles. The summed E-state index contributed by atoms with van der Waals surface area (Å²) in [6.45, 7) is 0.746. The standard InChI is InChI=1S/C14H16N2O/c1-2-4-12-11(3-1)5-6-13(12)17-10-7-14-15-8-9-16-14/h1-6,8-9,13-16H,7,10H2. The summed E-state index contributed by atoms with van der Waals surface area (Å²) in [4.78, 5) is 0. The van der Waals surface area contributed by atoms with E-state index in [1.54, 1.807) is 0 Å². The zero-order chi connectivity index (χ0) is 11.5. The summed E-state index contributed by atoms with van der Waals surface area (Å²) < 4.78 is 5.90. The predicted molar refractivity (Wildman–Crippen MR) is 68.0 cm³/mol. The quantitative estimate of drug-likeness (QED) is 0.828. The lowest BCUT2D eigenvalue weighted by atomic mass is 10.1. The molecule has 0 saturated carbocycles. The van der Waals surface area contributed by atoms with Gasteiger partial charge in [-0.1, -0.05) is 36.4 Å². The number of rotatable bonds is 4. The molecule has 0 fully saturated rings. The van der Waals surface area contributed by atoms with E-state index in [-0.39, 0.29) is 6.10 Å². The molecule has 0 saturated heterocycles. The third-order valence-electron chi connectivity index (χ3n) is 3.14. The smallest absolute Gasteiger partial charge is 0.102 e. The minimum atomic E-state index is 0.126. The van der Waals surface area contributed by atoms with E-state index in [4.69, 9.17) is 4.74 Å². The van der Waals surface area contributed by atoms with Gasteiger partial charge in [-0.05, 0) is 11.1 Å². The summed E-state index contributed by atoms with van der Waals surface area (Å²) in [7, 11) is 0. The van der Waals surface area contributed by atoms with Gasteiger partial charge in [0.15, 0.2) is 0 Å². The first-order chi connectivity index (χ1) is 8.43. The van der Waals surface area contributed by atoms with Gasteiger partial charge in [-0.3, -0.25) is 0 Å². The fraction of sp³-hybridized carbons (Fsp3) is 0.286. The van der Waals surface area contributed by atoms with Crippen LogP contribution in [0.1, 0.15) is 23.7 Å². The monoisotopic (exact) mass is 228 g/mol. The van der Waals surface area contributed by atoms with Crippen molar-refractivity contribution in [2.45, 2.75) is 18.7 Å². The van der Waals surface area contributed by atoms with Crippen molar-refractivity contribution in [2.75, 3.05) is 6.61 Å². The van der Waals surface area contributed by atoms with E-state index < -0.39 is 0 Å². The van der Waals surface area contributed by atoms with Crippen LogP contribution in [0, 0.1) is 0 Å². The lowest BCUT2D eigenvalue weighted by Gasteiger charge is -2.15. The van der Waals surface area contributed by atoms with Gasteiger partial charge in [0.05, 0.1) is 12.8 Å². The topological polar surface area (TPSA) is 33.3 Å². The Hall–Kier alpha value is -1.74. The highest BCUT2D eigenvalue weighted by Gasteiger charge is 2.17. The van der Waals surface area contributed by atoms with Gasteiger partial charge < -0.3 is 15.4 Å². The highest BCUT2D eigenvalue weighted by atomic mass is 16.5. The molecular weight excluding hydrogens is 212 g/mol. The van der Waals surface area contributed by atoms with Crippen molar-refractivity contribution < 1.29 is 4.74 Å². The molecule has 0 radical (unpaired) electrons. The molecule has 1 atom stereocenters. The summed E-state index contributed by atoms with van der Waals surface area (Å²) in [6.07, 6.45) is 9.51. The van der Waals surface area contributed by atoms with Crippen LogP contribution in [0.5, 0.6) is 0 Å². The highest BCUT2D eigenvalue weighted by molar-refractivity contribution is 5.61. The molecule has 3 rings (SSSR count). The minimum absolute atomic E-state index is 0.126. The molecule has 1 heterocycles. The Morgan fingerprint density at radius 1 is 1.12 bits per heavy atom. The summed E-state index contributed by atoms with van der Waals surface area (Å²) >= 11 is 0. The minimum Gasteiger partial charge on any atom is -0.370 e. The van der Waals surface area contributed by atoms with Crippen LogP contribution in [0.2, 0.25) is 0 Å². The second kappa shape index (κ2) is 4.63. The van der Waals surface area contributed by atoms with Crippen LogP contribution in [0.15, 0.2) is 42.7 Å². The second-order valence-corrected chi connectivity index (χ2v) is 4.29. The molecule has 2 aliphatic rings. The molecule has 1 aliphatic heterocycles. The number of hydrogen-bond donors (Lipinski definition) is 2. The van der Waals surface area contributed by atoms with Crippen LogP contribution in [0.4, 0.5) is 0 Å². The van der Waals surface area contributed by atoms with Crippen LogP contribution in [-0.4, -0.2) is 12.8 Å². The van der Waals surface area contributed by atoms with Gasteiger partial charge in [-0.2, -0.15) is 0 Å². The van der Waals surface area contributed by atoms with Gasteiger partial charge in [-0.15, -0.1) is 0 Å². The first-order valence-corrected chi connectivity index (χ1v) is 5.99. The van der Waals surface area contributed by atoms with Crippen molar-refractivity contribution in [3.63, 3.8) is 0 Å². The van der Waals surface area contributed by atoms with E-state index in [1.807, 2.05) is 12.4 Å². The number of hydrogen-bond acceptors (Lipinski definition) is 3. The van der Waals surface area contributed by atoms with E-state index in [0.717, 1.165) is 13.0 Å². The third kappa shape index (κ3) is 2.19. The van der Waals surface area contributed by atoms with Crippen molar-refractivity contribution in [1.29, 1.82) is 0 Å². The maximum Gasteiger partial charge on any atom is 0.102 e. The average Bonchev–Trinajstić information content (AvgIpc) is 2.99. The molecule has 1 aromatic carbocycles. The second-order valence-electron chi connectivity index (χ2n) is 4.29. The Morgan fingerprint density at radius 2 is 1.94 bits per heavy atom. The fourth-order valence-corrected chi connectivity index (χ4v) is 2.22. The summed E-state index contributed by atoms with van der Waals surface area (Å²) in [6, 6.07) is 8.38. The molecule has 1 unspecified atom stereocenters. The van der Waals surface area contributed by atoms with Gasteiger partial charge in [0.25, 0.3) is 0 Å². The van der Waals surface area contributed by atoms with Crippen LogP contribution in [0.25, 0.3) is 6.08 Å². The van der Waals surface area contributed by atoms with Crippen molar-refractivity contribution in [3.05, 3.63) is 53.9 Å². The molecule has 0 bridgehead atoms. The Kier molecular flexibility index (Phi) is 2.84. The van der Waals surface area contributed by atoms with Crippen LogP contribution in [-0.2, 0) is 4.74 Å². The van der Waals surface area contributed by atoms with Crippen LogP contribution in [0.3, 0.4) is 0 Å². The van der Waals surface area contributed by atoms with E-state index in [9.17, 15) is 0 Å². The normalized spacial score (nSPS) is 21.3. The Balaban J connectivity index is 1.52. The number of fused-ring (bicyclic) bond motifs is 1. The molecule has 2 N–H and O–H groups in total. The van der Waals surface area contributed by atoms with Crippen LogP contribution < -0.4 is 10.6 Å². The maximum atomic E-state index is 5.90. The Bertz CT molecular complexity index is 445. The van der Waals surface area contributed by atoms with Gasteiger partial charge in [0, 0.05) is 18.8 Å². The van der Waals surface area contributed by atoms with E-state index in [0.29, 0.717) is 6.17 Å². The molecule has 1 aromatic rings. The zero-order valence-corrected chi connectivity index (χ0v) is 9.60. The lowest BCUT2D eigenvalue weighted by Crippen LogP contribution is -2.31. The van der Waals surface area contributed by atoms with Crippen LogP contribution >= 0.6 is 0 Å². The molecule has 88 valence electrons. The Morgan fingerprint density at radius 3 is 2.82 bits per heavy atom. The third-order valence-corrected chi connectivity index (χ3v) is 3.14. The summed E-state index contributed by atoms with van der Waals surface area (Å²) in [5.41, 5.74) is 2.55. The molecular formula is C14H16N2O. The highest BCUT2D eigenvalue weighted by Crippen LogP contribution is 2.30. The van der Waals surface area contributed by atoms with Gasteiger partial charge in [-0.25, -0.2) is 0 Å². The first-order valence-electron chi connectivity index (χ1n) is 5.99. The van der Waals surface area contributed by atoms with E-state index in [2.05, 4.69) is 47.1 Å². The molecule has 0 spiro atoms. The molecule has 1 aliphatic carbocycles. The summed E-state index contributed by atoms with van der Waals surface area (Å²) in [5.74, 6) is 0. The number of ether oxygens (including phenoxy) is 1. The largest absolute Gasteiger partial charge is 0.370 e. The van der Waals surface area contributed by atoms with Crippen molar-refractivity contribution in [3.8, 4) is 0 Å². The van der Waals surface area contributed by atoms with Crippen molar-refractivity contribution in [2.24, 2.45) is 0 Å². The molecule has 3 nitrogen and oxygen atoms in total. The zero-order valence-electron chi connectivity index (χ0n) is 9.60. The fourth-order valence-electron chi connectivity index (χ4n) is 2.22. The Labute approximate surface area is 101 Å². The number of nitrogens with one attached hydrogen (secondary N) is 2. The van der Waals surface area contributed by atoms with E-state index in [1.165, 1.54) is 11.1 Å². The predicted octanol–water partition coefficient (Wildman–Crippen LogP) is 2.15. The SMILES string of the molecule is C1=CNC(CCOC2C=Cc3ccccc32)N1. The maximum absolute atomic E-state index is 5.90. The van der Waals surface area contributed by atoms with Gasteiger partial charge >= 0.3 is 0 Å². The van der Waals surface area contributed by atoms with E-state index >= 15 is 0 Å².